The Morgan fingerprint density at radius 3 is 2.33 bits per heavy atom. The van der Waals surface area contributed by atoms with Gasteiger partial charge in [-0.2, -0.15) is 0 Å². The van der Waals surface area contributed by atoms with Crippen LogP contribution in [0.3, 0.4) is 0 Å². The monoisotopic (exact) mass is 326 g/mol. The number of para-hydroxylation sites is 1. The zero-order chi connectivity index (χ0) is 15.0. The van der Waals surface area contributed by atoms with Crippen LogP contribution in [0.25, 0.3) is 0 Å². The van der Waals surface area contributed by atoms with Crippen LogP contribution in [-0.2, 0) is 9.84 Å². The zero-order valence-corrected chi connectivity index (χ0v) is 12.7. The molecule has 0 bridgehead atoms. The van der Waals surface area contributed by atoms with Crippen molar-refractivity contribution in [1.29, 1.82) is 0 Å². The predicted octanol–water partition coefficient (Wildman–Crippen LogP) is 1.56. The number of benzene rings is 1. The van der Waals surface area contributed by atoms with Crippen LogP contribution in [0.2, 0.25) is 5.02 Å². The fourth-order valence-corrected chi connectivity index (χ4v) is 4.56. The fraction of sp³-hybridized carbons (Fsp3) is 0.286. The van der Waals surface area contributed by atoms with Crippen LogP contribution in [0, 0.1) is 0 Å². The summed E-state index contributed by atoms with van der Waals surface area (Å²) in [5, 5.41) is 10.5. The van der Waals surface area contributed by atoms with Crippen LogP contribution >= 0.6 is 11.6 Å². The summed E-state index contributed by atoms with van der Waals surface area (Å²) in [6, 6.07) is 7.01. The summed E-state index contributed by atoms with van der Waals surface area (Å²) in [7, 11) is -3.16. The molecular formula is C14H15ClN2O3S. The van der Waals surface area contributed by atoms with Gasteiger partial charge in [0.1, 0.15) is 0 Å². The molecule has 1 N–H and O–H groups in total. The van der Waals surface area contributed by atoms with Gasteiger partial charge in [-0.05, 0) is 12.1 Å². The molecule has 0 radical (unpaired) electrons. The van der Waals surface area contributed by atoms with Crippen molar-refractivity contribution in [1.82, 2.24) is 4.90 Å². The van der Waals surface area contributed by atoms with E-state index < -0.39 is 22.0 Å². The molecule has 0 saturated carbocycles. The number of sulfone groups is 1. The maximum Gasteiger partial charge on any atom is 0.155 e. The number of aliphatic hydroxyl groups is 1. The third-order valence-electron chi connectivity index (χ3n) is 3.61. The van der Waals surface area contributed by atoms with E-state index in [1.165, 1.54) is 0 Å². The van der Waals surface area contributed by atoms with Crippen molar-refractivity contribution in [2.45, 2.75) is 12.1 Å². The molecule has 0 unspecified atom stereocenters. The summed E-state index contributed by atoms with van der Waals surface area (Å²) in [6.07, 6.45) is 6.21. The van der Waals surface area contributed by atoms with Crippen LogP contribution in [0.4, 0.5) is 5.69 Å². The smallest absolute Gasteiger partial charge is 0.155 e. The Labute approximate surface area is 128 Å². The Kier molecular flexibility index (Phi) is 3.69. The van der Waals surface area contributed by atoms with Crippen LogP contribution in [-0.4, -0.2) is 42.1 Å². The molecule has 1 saturated heterocycles. The van der Waals surface area contributed by atoms with Gasteiger partial charge in [-0.15, -0.1) is 0 Å². The van der Waals surface area contributed by atoms with Crippen molar-refractivity contribution in [3.63, 3.8) is 0 Å². The van der Waals surface area contributed by atoms with Gasteiger partial charge in [0.2, 0.25) is 0 Å². The van der Waals surface area contributed by atoms with E-state index in [0.717, 1.165) is 5.69 Å². The number of anilines is 1. The van der Waals surface area contributed by atoms with Crippen molar-refractivity contribution in [3.05, 3.63) is 54.1 Å². The fourth-order valence-electron chi connectivity index (χ4n) is 2.54. The third kappa shape index (κ3) is 2.92. The maximum atomic E-state index is 11.6. The Hall–Kier alpha value is -1.50. The Morgan fingerprint density at radius 1 is 1.10 bits per heavy atom. The molecule has 1 aromatic carbocycles. The van der Waals surface area contributed by atoms with Gasteiger partial charge in [0.15, 0.2) is 9.84 Å². The molecule has 0 aromatic heterocycles. The minimum Gasteiger partial charge on any atom is -0.390 e. The lowest BCUT2D eigenvalue weighted by Gasteiger charge is -2.30. The first-order chi connectivity index (χ1) is 9.96. The Morgan fingerprint density at radius 2 is 1.76 bits per heavy atom. The van der Waals surface area contributed by atoms with Gasteiger partial charge in [0.05, 0.1) is 34.4 Å². The van der Waals surface area contributed by atoms with Gasteiger partial charge in [-0.1, -0.05) is 23.7 Å². The minimum atomic E-state index is -3.16. The number of hydrogen-bond donors (Lipinski definition) is 1. The lowest BCUT2D eigenvalue weighted by molar-refractivity contribution is 0.132. The Balaban J connectivity index is 1.77. The highest BCUT2D eigenvalue weighted by atomic mass is 35.5. The minimum absolute atomic E-state index is 0.0328. The number of rotatable bonds is 2. The van der Waals surface area contributed by atoms with Crippen molar-refractivity contribution in [2.24, 2.45) is 0 Å². The second-order valence-corrected chi connectivity index (χ2v) is 7.67. The third-order valence-corrected chi connectivity index (χ3v) is 5.62. The standard InChI is InChI=1S/C14H15ClN2O3S/c15-11-3-1-2-4-12(11)16-5-7-17(8-6-16)13-9-21(19,20)10-14(13)18/h1-8,13-14,18H,9-10H2/t13-,14-/m0/s1. The normalized spacial score (nSPS) is 27.3. The van der Waals surface area contributed by atoms with Crippen molar-refractivity contribution >= 4 is 27.1 Å². The van der Waals surface area contributed by atoms with Crippen LogP contribution in [0.15, 0.2) is 49.1 Å². The van der Waals surface area contributed by atoms with E-state index >= 15 is 0 Å². The summed E-state index contributed by atoms with van der Waals surface area (Å²) in [5.74, 6) is -0.209. The molecule has 1 fully saturated rings. The summed E-state index contributed by atoms with van der Waals surface area (Å²) >= 11 is 6.14. The molecule has 0 spiro atoms. The first-order valence-electron chi connectivity index (χ1n) is 6.52. The van der Waals surface area contributed by atoms with Gasteiger partial charge >= 0.3 is 0 Å². The highest BCUT2D eigenvalue weighted by molar-refractivity contribution is 7.91. The molecule has 2 atom stereocenters. The van der Waals surface area contributed by atoms with Crippen LogP contribution in [0.5, 0.6) is 0 Å². The van der Waals surface area contributed by atoms with E-state index in [4.69, 9.17) is 11.6 Å². The lowest BCUT2D eigenvalue weighted by Crippen LogP contribution is -2.38. The second-order valence-electron chi connectivity index (χ2n) is 5.11. The molecule has 112 valence electrons. The van der Waals surface area contributed by atoms with E-state index in [9.17, 15) is 13.5 Å². The number of halogens is 1. The first-order valence-corrected chi connectivity index (χ1v) is 8.72. The van der Waals surface area contributed by atoms with E-state index in [0.29, 0.717) is 5.02 Å². The average Bonchev–Trinajstić information content (AvgIpc) is 2.73. The first kappa shape index (κ1) is 14.4. The Bertz CT molecular complexity index is 688. The van der Waals surface area contributed by atoms with E-state index in [1.54, 1.807) is 35.8 Å². The number of nitrogens with zero attached hydrogens (tertiary/aromatic N) is 2. The molecular weight excluding hydrogens is 312 g/mol. The van der Waals surface area contributed by atoms with Crippen LogP contribution in [0.1, 0.15) is 0 Å². The number of aliphatic hydroxyl groups excluding tert-OH is 1. The van der Waals surface area contributed by atoms with E-state index in [-0.39, 0.29) is 11.5 Å². The molecule has 2 aliphatic heterocycles. The number of hydrogen-bond acceptors (Lipinski definition) is 5. The van der Waals surface area contributed by atoms with Crippen molar-refractivity contribution in [2.75, 3.05) is 16.4 Å². The summed E-state index contributed by atoms with van der Waals surface area (Å²) in [5.41, 5.74) is 0.839. The molecule has 0 amide bonds. The average molecular weight is 327 g/mol. The summed E-state index contributed by atoms with van der Waals surface area (Å²) in [6.45, 7) is 0. The van der Waals surface area contributed by atoms with Crippen molar-refractivity contribution in [3.8, 4) is 0 Å². The van der Waals surface area contributed by atoms with E-state index in [2.05, 4.69) is 0 Å². The highest BCUT2D eigenvalue weighted by Crippen LogP contribution is 2.28. The molecule has 2 aliphatic rings. The quantitative estimate of drug-likeness (QED) is 0.893. The van der Waals surface area contributed by atoms with Crippen LogP contribution < -0.4 is 4.90 Å². The molecule has 7 heteroatoms. The van der Waals surface area contributed by atoms with Gasteiger partial charge in [-0.25, -0.2) is 8.42 Å². The summed E-state index contributed by atoms with van der Waals surface area (Å²) in [4.78, 5) is 3.57. The van der Waals surface area contributed by atoms with Gasteiger partial charge in [0.25, 0.3) is 0 Å². The van der Waals surface area contributed by atoms with Gasteiger partial charge in [0, 0.05) is 24.8 Å². The predicted molar refractivity (Wildman–Crippen MR) is 82.5 cm³/mol. The topological polar surface area (TPSA) is 60.9 Å². The molecule has 21 heavy (non-hydrogen) atoms. The molecule has 0 aliphatic carbocycles. The molecule has 5 nitrogen and oxygen atoms in total. The highest BCUT2D eigenvalue weighted by Gasteiger charge is 2.39. The van der Waals surface area contributed by atoms with Gasteiger partial charge < -0.3 is 14.9 Å². The largest absolute Gasteiger partial charge is 0.390 e. The SMILES string of the molecule is O=S1(=O)C[C@H](O)[C@@H](N2C=CN(c3ccccc3Cl)C=C2)C1. The van der Waals surface area contributed by atoms with Crippen molar-refractivity contribution < 1.29 is 13.5 Å². The maximum absolute atomic E-state index is 11.6. The molecule has 3 rings (SSSR count). The lowest BCUT2D eigenvalue weighted by atomic mass is 10.2. The molecule has 2 heterocycles. The molecule has 1 aromatic rings. The van der Waals surface area contributed by atoms with Gasteiger partial charge in [-0.3, -0.25) is 0 Å². The van der Waals surface area contributed by atoms with E-state index in [1.807, 2.05) is 23.1 Å². The second kappa shape index (κ2) is 5.36. The summed E-state index contributed by atoms with van der Waals surface area (Å²) < 4.78 is 23.1. The zero-order valence-electron chi connectivity index (χ0n) is 11.1.